The molecule has 0 N–H and O–H groups in total. The molecule has 0 saturated heterocycles. The third kappa shape index (κ3) is 3.82. The van der Waals surface area contributed by atoms with E-state index in [1.807, 2.05) is 18.2 Å². The molecule has 0 fully saturated rings. The Labute approximate surface area is 132 Å². The van der Waals surface area contributed by atoms with E-state index in [4.69, 9.17) is 14.2 Å². The lowest BCUT2D eigenvalue weighted by Gasteiger charge is -2.14. The second-order valence-corrected chi connectivity index (χ2v) is 4.86. The van der Waals surface area contributed by atoms with Crippen molar-refractivity contribution in [2.75, 3.05) is 21.3 Å². The Bertz CT molecular complexity index is 618. The number of rotatable bonds is 7. The average molecular weight is 298 g/mol. The van der Waals surface area contributed by atoms with E-state index in [2.05, 4.69) is 36.4 Å². The average Bonchev–Trinajstić information content (AvgIpc) is 2.58. The highest BCUT2D eigenvalue weighted by Gasteiger charge is 2.14. The fourth-order valence-electron chi connectivity index (χ4n) is 2.37. The van der Waals surface area contributed by atoms with Crippen molar-refractivity contribution in [3.8, 4) is 17.2 Å². The molecule has 0 radical (unpaired) electrons. The van der Waals surface area contributed by atoms with E-state index in [-0.39, 0.29) is 0 Å². The monoisotopic (exact) mass is 298 g/mol. The summed E-state index contributed by atoms with van der Waals surface area (Å²) >= 11 is 0. The summed E-state index contributed by atoms with van der Waals surface area (Å²) in [6.45, 7) is 0. The summed E-state index contributed by atoms with van der Waals surface area (Å²) in [5.41, 5.74) is 2.38. The van der Waals surface area contributed by atoms with Gasteiger partial charge in [-0.3, -0.25) is 0 Å². The van der Waals surface area contributed by atoms with Crippen molar-refractivity contribution < 1.29 is 14.2 Å². The second kappa shape index (κ2) is 8.13. The molecule has 0 aromatic heterocycles. The van der Waals surface area contributed by atoms with E-state index in [1.54, 1.807) is 21.3 Å². The minimum Gasteiger partial charge on any atom is -0.493 e. The van der Waals surface area contributed by atoms with E-state index in [0.717, 1.165) is 24.2 Å². The molecule has 2 aromatic carbocycles. The van der Waals surface area contributed by atoms with Crippen molar-refractivity contribution in [3.05, 3.63) is 65.7 Å². The molecule has 0 aliphatic carbocycles. The van der Waals surface area contributed by atoms with Crippen LogP contribution in [0, 0.1) is 0 Å². The Hall–Kier alpha value is -2.42. The smallest absolute Gasteiger partial charge is 0.203 e. The molecule has 0 saturated carbocycles. The van der Waals surface area contributed by atoms with E-state index >= 15 is 0 Å². The summed E-state index contributed by atoms with van der Waals surface area (Å²) in [5, 5.41) is 0. The first-order chi connectivity index (χ1) is 10.8. The van der Waals surface area contributed by atoms with Crippen LogP contribution in [-0.4, -0.2) is 21.3 Å². The number of benzene rings is 2. The molecule has 3 nitrogen and oxygen atoms in total. The Morgan fingerprint density at radius 2 is 1.41 bits per heavy atom. The van der Waals surface area contributed by atoms with Crippen LogP contribution in [0.25, 0.3) is 0 Å². The molecule has 0 unspecified atom stereocenters. The van der Waals surface area contributed by atoms with Gasteiger partial charge in [-0.25, -0.2) is 0 Å². The first-order valence-corrected chi connectivity index (χ1v) is 7.27. The second-order valence-electron chi connectivity index (χ2n) is 4.86. The summed E-state index contributed by atoms with van der Waals surface area (Å²) in [6, 6.07) is 14.3. The fourth-order valence-corrected chi connectivity index (χ4v) is 2.37. The molecule has 116 valence electrons. The van der Waals surface area contributed by atoms with E-state index in [9.17, 15) is 0 Å². The summed E-state index contributed by atoms with van der Waals surface area (Å²) in [7, 11) is 4.89. The number of hydrogen-bond donors (Lipinski definition) is 0. The first-order valence-electron chi connectivity index (χ1n) is 7.27. The molecule has 0 amide bonds. The molecular formula is C19H22O3. The Balaban J connectivity index is 2.09. The van der Waals surface area contributed by atoms with Gasteiger partial charge >= 0.3 is 0 Å². The third-order valence-corrected chi connectivity index (χ3v) is 3.49. The van der Waals surface area contributed by atoms with Gasteiger partial charge in [0, 0.05) is 5.56 Å². The largest absolute Gasteiger partial charge is 0.493 e. The van der Waals surface area contributed by atoms with Crippen LogP contribution in [0.3, 0.4) is 0 Å². The highest BCUT2D eigenvalue weighted by Crippen LogP contribution is 2.39. The molecular weight excluding hydrogens is 276 g/mol. The normalized spacial score (nSPS) is 10.7. The third-order valence-electron chi connectivity index (χ3n) is 3.49. The van der Waals surface area contributed by atoms with Gasteiger partial charge in [0.15, 0.2) is 11.5 Å². The molecule has 2 rings (SSSR count). The zero-order chi connectivity index (χ0) is 15.8. The molecule has 0 heterocycles. The molecule has 0 spiro atoms. The predicted octanol–water partition coefficient (Wildman–Crippen LogP) is 4.05. The molecule has 2 aromatic rings. The van der Waals surface area contributed by atoms with Gasteiger partial charge in [0.05, 0.1) is 21.3 Å². The van der Waals surface area contributed by atoms with Gasteiger partial charge in [0.2, 0.25) is 5.75 Å². The van der Waals surface area contributed by atoms with Crippen LogP contribution < -0.4 is 14.2 Å². The van der Waals surface area contributed by atoms with E-state index in [0.29, 0.717) is 11.5 Å². The zero-order valence-corrected chi connectivity index (χ0v) is 13.3. The lowest BCUT2D eigenvalue weighted by molar-refractivity contribution is 0.322. The SMILES string of the molecule is COc1ccc(CC=CCc2ccccc2)c(OC)c1OC. The van der Waals surface area contributed by atoms with Crippen LogP contribution in [0.2, 0.25) is 0 Å². The van der Waals surface area contributed by atoms with Gasteiger partial charge in [0.1, 0.15) is 0 Å². The Kier molecular flexibility index (Phi) is 5.90. The van der Waals surface area contributed by atoms with Crippen LogP contribution in [0.4, 0.5) is 0 Å². The van der Waals surface area contributed by atoms with E-state index < -0.39 is 0 Å². The highest BCUT2D eigenvalue weighted by atomic mass is 16.5. The van der Waals surface area contributed by atoms with Crippen LogP contribution in [0.5, 0.6) is 17.2 Å². The van der Waals surface area contributed by atoms with Gasteiger partial charge < -0.3 is 14.2 Å². The van der Waals surface area contributed by atoms with Crippen molar-refractivity contribution in [1.82, 2.24) is 0 Å². The minimum absolute atomic E-state index is 0.638. The van der Waals surface area contributed by atoms with Crippen molar-refractivity contribution in [3.63, 3.8) is 0 Å². The summed E-state index contributed by atoms with van der Waals surface area (Å²) in [6.07, 6.45) is 6.04. The van der Waals surface area contributed by atoms with Crippen LogP contribution >= 0.6 is 0 Å². The van der Waals surface area contributed by atoms with Gasteiger partial charge in [0.25, 0.3) is 0 Å². The summed E-state index contributed by atoms with van der Waals surface area (Å²) in [4.78, 5) is 0. The lowest BCUT2D eigenvalue weighted by Crippen LogP contribution is -1.98. The van der Waals surface area contributed by atoms with E-state index in [1.165, 1.54) is 5.56 Å². The van der Waals surface area contributed by atoms with Crippen molar-refractivity contribution in [1.29, 1.82) is 0 Å². The molecule has 0 atom stereocenters. The Morgan fingerprint density at radius 1 is 0.727 bits per heavy atom. The zero-order valence-electron chi connectivity index (χ0n) is 13.3. The molecule has 3 heteroatoms. The maximum absolute atomic E-state index is 5.49. The van der Waals surface area contributed by atoms with Gasteiger partial charge in [-0.1, -0.05) is 48.6 Å². The first kappa shape index (κ1) is 16.0. The number of allylic oxidation sites excluding steroid dienone is 2. The molecule has 0 aliphatic rings. The fraction of sp³-hybridized carbons (Fsp3) is 0.263. The molecule has 0 aliphatic heterocycles. The van der Waals surface area contributed by atoms with Crippen LogP contribution in [0.15, 0.2) is 54.6 Å². The summed E-state index contributed by atoms with van der Waals surface area (Å²) < 4.78 is 16.2. The number of hydrogen-bond acceptors (Lipinski definition) is 3. The van der Waals surface area contributed by atoms with Gasteiger partial charge in [-0.05, 0) is 24.5 Å². The maximum atomic E-state index is 5.49. The number of ether oxygens (including phenoxy) is 3. The van der Waals surface area contributed by atoms with Crippen molar-refractivity contribution in [2.24, 2.45) is 0 Å². The molecule has 0 bridgehead atoms. The van der Waals surface area contributed by atoms with Gasteiger partial charge in [-0.2, -0.15) is 0 Å². The highest BCUT2D eigenvalue weighted by molar-refractivity contribution is 5.56. The number of methoxy groups -OCH3 is 3. The quantitative estimate of drug-likeness (QED) is 0.722. The van der Waals surface area contributed by atoms with Crippen LogP contribution in [-0.2, 0) is 12.8 Å². The minimum atomic E-state index is 0.638. The predicted molar refractivity (Wildman–Crippen MR) is 89.1 cm³/mol. The topological polar surface area (TPSA) is 27.7 Å². The van der Waals surface area contributed by atoms with Gasteiger partial charge in [-0.15, -0.1) is 0 Å². The van der Waals surface area contributed by atoms with Crippen LogP contribution in [0.1, 0.15) is 11.1 Å². The van der Waals surface area contributed by atoms with Crippen molar-refractivity contribution >= 4 is 0 Å². The lowest BCUT2D eigenvalue weighted by atomic mass is 10.1. The Morgan fingerprint density at radius 3 is 2.05 bits per heavy atom. The maximum Gasteiger partial charge on any atom is 0.203 e. The van der Waals surface area contributed by atoms with Crippen molar-refractivity contribution in [2.45, 2.75) is 12.8 Å². The molecule has 22 heavy (non-hydrogen) atoms. The summed E-state index contributed by atoms with van der Waals surface area (Å²) in [5.74, 6) is 2.04. The standard InChI is InChI=1S/C19H22O3/c1-20-17-14-13-16(18(21-2)19(17)22-3)12-8-7-11-15-9-5-4-6-10-15/h4-10,13-14H,11-12H2,1-3H3.